The molecule has 0 spiro atoms. The van der Waals surface area contributed by atoms with Gasteiger partial charge in [0.25, 0.3) is 0 Å². The number of fused-ring (bicyclic) bond motifs is 4. The van der Waals surface area contributed by atoms with Gasteiger partial charge >= 0.3 is 0 Å². The molecule has 2 saturated heterocycles. The summed E-state index contributed by atoms with van der Waals surface area (Å²) in [5.74, 6) is 0.0337. The highest BCUT2D eigenvalue weighted by molar-refractivity contribution is 6.75. The summed E-state index contributed by atoms with van der Waals surface area (Å²) in [5, 5.41) is 0. The van der Waals surface area contributed by atoms with E-state index in [0.717, 1.165) is 43.2 Å². The van der Waals surface area contributed by atoms with Crippen molar-refractivity contribution in [2.45, 2.75) is 121 Å². The predicted octanol–water partition coefficient (Wildman–Crippen LogP) is 5.74. The summed E-state index contributed by atoms with van der Waals surface area (Å²) in [6, 6.07) is 2.10. The number of aldehydes is 1. The standard InChI is InChI=1S/C25H42O5Si/c1-7-31(8-2,17(3)4)30-25-15-21(27-6)29-23(25)28-20-14-19(25)18(16-26)22(20)24(5)12-10-9-11-13-24/h16-17,19-21,23H,7-15H2,1-6H3/t19-,20+,21+,23-,25+/m1/s1. The second-order valence-electron chi connectivity index (χ2n) is 10.8. The van der Waals surface area contributed by atoms with Gasteiger partial charge in [-0.3, -0.25) is 4.79 Å². The lowest BCUT2D eigenvalue weighted by atomic mass is 9.68. The lowest BCUT2D eigenvalue weighted by Gasteiger charge is -2.49. The summed E-state index contributed by atoms with van der Waals surface area (Å²) in [4.78, 5) is 12.6. The van der Waals surface area contributed by atoms with E-state index in [2.05, 4.69) is 34.6 Å². The number of rotatable bonds is 8. The molecule has 2 aliphatic carbocycles. The fourth-order valence-corrected chi connectivity index (χ4v) is 10.9. The normalized spacial score (nSPS) is 37.4. The molecule has 0 N–H and O–H groups in total. The second-order valence-corrected chi connectivity index (χ2v) is 15.7. The van der Waals surface area contributed by atoms with E-state index in [1.165, 1.54) is 24.8 Å². The second kappa shape index (κ2) is 8.67. The first-order valence-corrected chi connectivity index (χ1v) is 14.9. The van der Waals surface area contributed by atoms with Crippen molar-refractivity contribution in [1.29, 1.82) is 0 Å². The number of ether oxygens (including phenoxy) is 3. The van der Waals surface area contributed by atoms with Crippen LogP contribution < -0.4 is 0 Å². The van der Waals surface area contributed by atoms with Crippen molar-refractivity contribution < 1.29 is 23.4 Å². The summed E-state index contributed by atoms with van der Waals surface area (Å²) in [6.45, 7) is 11.5. The number of hydrogen-bond acceptors (Lipinski definition) is 5. The van der Waals surface area contributed by atoms with Gasteiger partial charge < -0.3 is 18.6 Å². The zero-order valence-electron chi connectivity index (χ0n) is 20.4. The third kappa shape index (κ3) is 3.61. The molecule has 0 aromatic carbocycles. The molecule has 2 aliphatic heterocycles. The van der Waals surface area contributed by atoms with Gasteiger partial charge in [-0.1, -0.05) is 53.9 Å². The number of carbonyl (C=O) groups excluding carboxylic acids is 1. The van der Waals surface area contributed by atoms with Gasteiger partial charge in [0.2, 0.25) is 0 Å². The lowest BCUT2D eigenvalue weighted by molar-refractivity contribution is -0.263. The molecule has 2 bridgehead atoms. The van der Waals surface area contributed by atoms with Crippen molar-refractivity contribution >= 4 is 14.6 Å². The van der Waals surface area contributed by atoms with E-state index in [1.807, 2.05) is 0 Å². The summed E-state index contributed by atoms with van der Waals surface area (Å²) >= 11 is 0. The highest BCUT2D eigenvalue weighted by atomic mass is 28.4. The van der Waals surface area contributed by atoms with Crippen LogP contribution in [0.3, 0.4) is 0 Å². The van der Waals surface area contributed by atoms with Gasteiger partial charge in [0.05, 0.1) is 6.10 Å². The minimum absolute atomic E-state index is 0.0337. The maximum atomic E-state index is 12.6. The summed E-state index contributed by atoms with van der Waals surface area (Å²) in [7, 11) is -0.376. The molecule has 1 saturated carbocycles. The van der Waals surface area contributed by atoms with Crippen LogP contribution in [-0.2, 0) is 23.4 Å². The van der Waals surface area contributed by atoms with Gasteiger partial charge in [-0.25, -0.2) is 0 Å². The molecular formula is C25H42O5Si. The first-order valence-electron chi connectivity index (χ1n) is 12.5. The van der Waals surface area contributed by atoms with E-state index >= 15 is 0 Å². The molecule has 0 radical (unpaired) electrons. The molecule has 0 aromatic rings. The predicted molar refractivity (Wildman–Crippen MR) is 123 cm³/mol. The average molecular weight is 451 g/mol. The minimum atomic E-state index is -2.06. The molecular weight excluding hydrogens is 408 g/mol. The molecule has 3 fully saturated rings. The molecule has 6 heteroatoms. The van der Waals surface area contributed by atoms with Crippen LogP contribution in [0, 0.1) is 11.3 Å². The van der Waals surface area contributed by atoms with E-state index in [0.29, 0.717) is 12.0 Å². The largest absolute Gasteiger partial charge is 0.405 e. The fourth-order valence-electron chi connectivity index (χ4n) is 7.17. The first kappa shape index (κ1) is 23.6. The molecule has 0 amide bonds. The Hall–Kier alpha value is -0.533. The lowest BCUT2D eigenvalue weighted by Crippen LogP contribution is -2.60. The highest BCUT2D eigenvalue weighted by Crippen LogP contribution is 2.60. The minimum Gasteiger partial charge on any atom is -0.405 e. The maximum absolute atomic E-state index is 12.6. The van der Waals surface area contributed by atoms with Crippen molar-refractivity contribution in [1.82, 2.24) is 0 Å². The zero-order valence-corrected chi connectivity index (χ0v) is 21.4. The van der Waals surface area contributed by atoms with E-state index in [4.69, 9.17) is 18.6 Å². The monoisotopic (exact) mass is 450 g/mol. The maximum Gasteiger partial charge on any atom is 0.195 e. The Bertz CT molecular complexity index is 709. The third-order valence-corrected chi connectivity index (χ3v) is 14.4. The fraction of sp³-hybridized carbons (Fsp3) is 0.880. The van der Waals surface area contributed by atoms with Crippen LogP contribution in [0.25, 0.3) is 0 Å². The molecule has 0 aromatic heterocycles. The smallest absolute Gasteiger partial charge is 0.195 e. The van der Waals surface area contributed by atoms with Gasteiger partial charge in [-0.15, -0.1) is 0 Å². The molecule has 31 heavy (non-hydrogen) atoms. The number of methoxy groups -OCH3 is 1. The van der Waals surface area contributed by atoms with E-state index < -0.39 is 20.2 Å². The van der Waals surface area contributed by atoms with Gasteiger partial charge in [-0.05, 0) is 47.9 Å². The Balaban J connectivity index is 1.80. The van der Waals surface area contributed by atoms with Crippen LogP contribution in [0.4, 0.5) is 0 Å². The topological polar surface area (TPSA) is 54.0 Å². The highest BCUT2D eigenvalue weighted by Gasteiger charge is 2.66. The summed E-state index contributed by atoms with van der Waals surface area (Å²) in [5.41, 5.74) is 2.12. The van der Waals surface area contributed by atoms with Gasteiger partial charge in [0.15, 0.2) is 20.9 Å². The van der Waals surface area contributed by atoms with E-state index in [-0.39, 0.29) is 23.7 Å². The van der Waals surface area contributed by atoms with Crippen molar-refractivity contribution in [3.05, 3.63) is 11.1 Å². The van der Waals surface area contributed by atoms with Crippen LogP contribution in [0.2, 0.25) is 17.6 Å². The molecule has 5 nitrogen and oxygen atoms in total. The van der Waals surface area contributed by atoms with Crippen LogP contribution >= 0.6 is 0 Å². The van der Waals surface area contributed by atoms with Crippen molar-refractivity contribution in [3.8, 4) is 0 Å². The first-order chi connectivity index (χ1) is 14.8. The molecule has 176 valence electrons. The van der Waals surface area contributed by atoms with Crippen LogP contribution in [0.1, 0.15) is 79.6 Å². The average Bonchev–Trinajstić information content (AvgIpc) is 3.30. The molecule has 5 atom stereocenters. The third-order valence-electron chi connectivity index (χ3n) is 9.14. The quantitative estimate of drug-likeness (QED) is 0.349. The van der Waals surface area contributed by atoms with Gasteiger partial charge in [-0.2, -0.15) is 0 Å². The summed E-state index contributed by atoms with van der Waals surface area (Å²) in [6.07, 6.45) is 7.78. The van der Waals surface area contributed by atoms with Crippen molar-refractivity contribution in [3.63, 3.8) is 0 Å². The van der Waals surface area contributed by atoms with Crippen LogP contribution in [0.15, 0.2) is 11.1 Å². The molecule has 0 unspecified atom stereocenters. The van der Waals surface area contributed by atoms with E-state index in [1.54, 1.807) is 7.11 Å². The number of carbonyl (C=O) groups is 1. The van der Waals surface area contributed by atoms with E-state index in [9.17, 15) is 4.79 Å². The summed E-state index contributed by atoms with van der Waals surface area (Å²) < 4.78 is 25.9. The number of hydrogen-bond donors (Lipinski definition) is 0. The molecule has 4 rings (SSSR count). The van der Waals surface area contributed by atoms with Crippen molar-refractivity contribution in [2.75, 3.05) is 7.11 Å². The Morgan fingerprint density at radius 3 is 2.39 bits per heavy atom. The van der Waals surface area contributed by atoms with Crippen LogP contribution in [0.5, 0.6) is 0 Å². The Morgan fingerprint density at radius 1 is 1.16 bits per heavy atom. The molecule has 4 aliphatic rings. The Kier molecular flexibility index (Phi) is 6.61. The van der Waals surface area contributed by atoms with Gasteiger partial charge in [0.1, 0.15) is 11.9 Å². The Labute approximate surface area is 189 Å². The Morgan fingerprint density at radius 2 is 1.84 bits per heavy atom. The van der Waals surface area contributed by atoms with Gasteiger partial charge in [0, 0.05) is 25.0 Å². The van der Waals surface area contributed by atoms with Crippen molar-refractivity contribution in [2.24, 2.45) is 11.3 Å². The van der Waals surface area contributed by atoms with Crippen LogP contribution in [-0.4, -0.2) is 46.0 Å². The molecule has 2 heterocycles. The zero-order chi connectivity index (χ0) is 22.4. The SMILES string of the molecule is CC[Si](CC)(O[C@]12C[C@@H](OC)O[C@H]1O[C@H]1C[C@@H]2C(C=O)=C1C1(C)CCCCC1)C(C)C.